The highest BCUT2D eigenvalue weighted by molar-refractivity contribution is 7.18. The minimum Gasteiger partial charge on any atom is -0.327 e. The number of carbonyl (C=O) groups excluding carboxylic acids is 1. The monoisotopic (exact) mass is 378 g/mol. The van der Waals surface area contributed by atoms with Crippen LogP contribution in [0.2, 0.25) is 0 Å². The van der Waals surface area contributed by atoms with Gasteiger partial charge in [0, 0.05) is 11.6 Å². The largest absolute Gasteiger partial charge is 0.327 e. The lowest BCUT2D eigenvalue weighted by molar-refractivity contribution is -0.121. The van der Waals surface area contributed by atoms with Gasteiger partial charge in [0.05, 0.1) is 5.92 Å². The van der Waals surface area contributed by atoms with E-state index in [-0.39, 0.29) is 30.3 Å². The molecular weight excluding hydrogens is 356 g/mol. The number of nitrogens with one attached hydrogen (secondary N) is 1. The molecule has 4 atom stereocenters. The third kappa shape index (κ3) is 3.43. The van der Waals surface area contributed by atoms with Crippen LogP contribution in [-0.4, -0.2) is 22.1 Å². The van der Waals surface area contributed by atoms with Crippen molar-refractivity contribution in [2.75, 3.05) is 5.32 Å². The molecule has 4 rings (SSSR count). The molecule has 0 spiro atoms. The molecule has 4 unspecified atom stereocenters. The van der Waals surface area contributed by atoms with Gasteiger partial charge < -0.3 is 11.1 Å². The van der Waals surface area contributed by atoms with Gasteiger partial charge in [-0.1, -0.05) is 28.5 Å². The first-order valence-corrected chi connectivity index (χ1v) is 9.31. The Hall–Kier alpha value is -1.50. The van der Waals surface area contributed by atoms with Crippen molar-refractivity contribution in [3.05, 3.63) is 29.3 Å². The van der Waals surface area contributed by atoms with Crippen molar-refractivity contribution >= 4 is 34.8 Å². The van der Waals surface area contributed by atoms with E-state index in [9.17, 15) is 4.79 Å². The standard InChI is InChI=1S/C18H22N4OS.ClH/c1-9-5-10(2)7-13(6-9)17-21-22-18(24-17)20-16(23)14-11-3-4-12(8-11)15(14)19;/h5-7,11-12,14-15H,3-4,8,19H2,1-2H3,(H,20,22,23);1H. The Morgan fingerprint density at radius 3 is 2.48 bits per heavy atom. The number of nitrogens with two attached hydrogens (primary N) is 1. The molecule has 2 aliphatic rings. The number of aryl methyl sites for hydroxylation is 2. The SMILES string of the molecule is Cc1cc(C)cc(-c2nnc(NC(=O)C3C4CCC(C4)C3N)s2)c1.Cl. The fraction of sp³-hybridized carbons (Fsp3) is 0.500. The summed E-state index contributed by atoms with van der Waals surface area (Å²) in [7, 11) is 0. The van der Waals surface area contributed by atoms with Gasteiger partial charge in [-0.2, -0.15) is 0 Å². The second kappa shape index (κ2) is 7.02. The Morgan fingerprint density at radius 1 is 1.16 bits per heavy atom. The summed E-state index contributed by atoms with van der Waals surface area (Å²) in [6, 6.07) is 6.30. The first-order valence-electron chi connectivity index (χ1n) is 8.50. The maximum atomic E-state index is 12.6. The molecular formula is C18H23ClN4OS. The Morgan fingerprint density at radius 2 is 1.84 bits per heavy atom. The summed E-state index contributed by atoms with van der Waals surface area (Å²) in [5, 5.41) is 12.7. The quantitative estimate of drug-likeness (QED) is 0.855. The van der Waals surface area contributed by atoms with Gasteiger partial charge in [0.2, 0.25) is 11.0 Å². The molecule has 25 heavy (non-hydrogen) atoms. The number of anilines is 1. The highest BCUT2D eigenvalue weighted by Crippen LogP contribution is 2.48. The van der Waals surface area contributed by atoms with Crippen molar-refractivity contribution in [3.8, 4) is 10.6 Å². The number of nitrogens with zero attached hydrogens (tertiary/aromatic N) is 2. The molecule has 2 aliphatic carbocycles. The maximum Gasteiger partial charge on any atom is 0.231 e. The number of rotatable bonds is 3. The fourth-order valence-corrected chi connectivity index (χ4v) is 5.14. The third-order valence-electron chi connectivity index (χ3n) is 5.41. The molecule has 0 aliphatic heterocycles. The number of amides is 1. The molecule has 3 N–H and O–H groups in total. The lowest BCUT2D eigenvalue weighted by Gasteiger charge is -2.26. The minimum absolute atomic E-state index is 0. The van der Waals surface area contributed by atoms with E-state index < -0.39 is 0 Å². The number of aromatic nitrogens is 2. The van der Waals surface area contributed by atoms with Gasteiger partial charge in [0.15, 0.2) is 0 Å². The predicted octanol–water partition coefficient (Wildman–Crippen LogP) is 3.56. The average Bonchev–Trinajstić information content (AvgIpc) is 3.21. The Bertz CT molecular complexity index is 771. The smallest absolute Gasteiger partial charge is 0.231 e. The van der Waals surface area contributed by atoms with Crippen LogP contribution in [0.15, 0.2) is 18.2 Å². The highest BCUT2D eigenvalue weighted by Gasteiger charge is 2.49. The first-order chi connectivity index (χ1) is 11.5. The van der Waals surface area contributed by atoms with Crippen molar-refractivity contribution < 1.29 is 4.79 Å². The van der Waals surface area contributed by atoms with Gasteiger partial charge in [0.25, 0.3) is 0 Å². The molecule has 2 aromatic rings. The van der Waals surface area contributed by atoms with Gasteiger partial charge in [-0.15, -0.1) is 22.6 Å². The zero-order valence-corrected chi connectivity index (χ0v) is 16.0. The number of fused-ring (bicyclic) bond motifs is 2. The van der Waals surface area contributed by atoms with E-state index in [2.05, 4.69) is 47.6 Å². The van der Waals surface area contributed by atoms with Crippen LogP contribution in [0.4, 0.5) is 5.13 Å². The molecule has 7 heteroatoms. The lowest BCUT2D eigenvalue weighted by atomic mass is 9.84. The van der Waals surface area contributed by atoms with E-state index in [1.165, 1.54) is 28.9 Å². The normalized spacial score (nSPS) is 27.2. The van der Waals surface area contributed by atoms with Crippen molar-refractivity contribution in [3.63, 3.8) is 0 Å². The van der Waals surface area contributed by atoms with E-state index in [1.807, 2.05) is 0 Å². The highest BCUT2D eigenvalue weighted by atomic mass is 35.5. The molecule has 2 fully saturated rings. The molecule has 0 saturated heterocycles. The summed E-state index contributed by atoms with van der Waals surface area (Å²) < 4.78 is 0. The van der Waals surface area contributed by atoms with Gasteiger partial charge in [-0.25, -0.2) is 0 Å². The Kier molecular flexibility index (Phi) is 5.14. The van der Waals surface area contributed by atoms with Crippen LogP contribution in [0.1, 0.15) is 30.4 Å². The number of carbonyl (C=O) groups is 1. The van der Waals surface area contributed by atoms with Crippen LogP contribution in [0, 0.1) is 31.6 Å². The first kappa shape index (κ1) is 18.3. The van der Waals surface area contributed by atoms with Crippen molar-refractivity contribution in [1.29, 1.82) is 0 Å². The van der Waals surface area contributed by atoms with Gasteiger partial charge in [-0.3, -0.25) is 4.79 Å². The molecule has 2 saturated carbocycles. The number of hydrogen-bond acceptors (Lipinski definition) is 5. The van der Waals surface area contributed by atoms with Crippen molar-refractivity contribution in [2.45, 2.75) is 39.2 Å². The van der Waals surface area contributed by atoms with Gasteiger partial charge in [0.1, 0.15) is 5.01 Å². The molecule has 5 nitrogen and oxygen atoms in total. The van der Waals surface area contributed by atoms with Crippen LogP contribution >= 0.6 is 23.7 Å². The minimum atomic E-state index is -0.0719. The predicted molar refractivity (Wildman–Crippen MR) is 103 cm³/mol. The topological polar surface area (TPSA) is 80.9 Å². The van der Waals surface area contributed by atoms with Crippen LogP contribution in [0.3, 0.4) is 0 Å². The summed E-state index contributed by atoms with van der Waals surface area (Å²) in [5.74, 6) is 0.901. The van der Waals surface area contributed by atoms with E-state index >= 15 is 0 Å². The van der Waals surface area contributed by atoms with E-state index in [1.54, 1.807) is 0 Å². The summed E-state index contributed by atoms with van der Waals surface area (Å²) in [6.45, 7) is 4.13. The Balaban J connectivity index is 0.00000182. The van der Waals surface area contributed by atoms with Crippen LogP contribution in [0.5, 0.6) is 0 Å². The lowest BCUT2D eigenvalue weighted by Crippen LogP contribution is -2.42. The number of hydrogen-bond donors (Lipinski definition) is 2. The van der Waals surface area contributed by atoms with Crippen LogP contribution in [0.25, 0.3) is 10.6 Å². The number of benzene rings is 1. The molecule has 1 aromatic heterocycles. The fourth-order valence-electron chi connectivity index (χ4n) is 4.40. The van der Waals surface area contributed by atoms with Crippen LogP contribution in [-0.2, 0) is 4.79 Å². The van der Waals surface area contributed by atoms with Crippen molar-refractivity contribution in [2.24, 2.45) is 23.5 Å². The average molecular weight is 379 g/mol. The van der Waals surface area contributed by atoms with E-state index in [0.29, 0.717) is 17.0 Å². The molecule has 134 valence electrons. The molecule has 2 bridgehead atoms. The van der Waals surface area contributed by atoms with Crippen LogP contribution < -0.4 is 11.1 Å². The number of halogens is 1. The summed E-state index contributed by atoms with van der Waals surface area (Å²) in [5.41, 5.74) is 9.69. The molecule has 1 aromatic carbocycles. The Labute approximate surface area is 157 Å². The summed E-state index contributed by atoms with van der Waals surface area (Å²) >= 11 is 1.42. The van der Waals surface area contributed by atoms with E-state index in [0.717, 1.165) is 23.4 Å². The zero-order chi connectivity index (χ0) is 16.8. The van der Waals surface area contributed by atoms with Gasteiger partial charge in [-0.05, 0) is 57.1 Å². The second-order valence-electron chi connectivity index (χ2n) is 7.21. The second-order valence-corrected chi connectivity index (χ2v) is 8.19. The zero-order valence-electron chi connectivity index (χ0n) is 14.4. The van der Waals surface area contributed by atoms with Gasteiger partial charge >= 0.3 is 0 Å². The molecule has 1 heterocycles. The maximum absolute atomic E-state index is 12.6. The molecule has 0 radical (unpaired) electrons. The van der Waals surface area contributed by atoms with Crippen molar-refractivity contribution in [1.82, 2.24) is 10.2 Å². The molecule has 1 amide bonds. The van der Waals surface area contributed by atoms with E-state index in [4.69, 9.17) is 5.73 Å². The summed E-state index contributed by atoms with van der Waals surface area (Å²) in [6.07, 6.45) is 3.40. The third-order valence-corrected chi connectivity index (χ3v) is 6.29. The summed E-state index contributed by atoms with van der Waals surface area (Å²) in [4.78, 5) is 12.6.